The third-order valence-corrected chi connectivity index (χ3v) is 4.81. The second kappa shape index (κ2) is 7.93. The molecule has 2 aromatic heterocycles. The number of carbonyl (C=O) groups excluding carboxylic acids is 1. The fourth-order valence-electron chi connectivity index (χ4n) is 2.42. The minimum absolute atomic E-state index is 0.222. The highest BCUT2D eigenvalue weighted by Crippen LogP contribution is 2.27. The van der Waals surface area contributed by atoms with Crippen molar-refractivity contribution in [2.75, 3.05) is 7.05 Å². The predicted molar refractivity (Wildman–Crippen MR) is 96.8 cm³/mol. The summed E-state index contributed by atoms with van der Waals surface area (Å²) in [5.74, 6) is -0.110. The minimum Gasteiger partial charge on any atom is -0.406 e. The number of aromatic nitrogens is 3. The molecule has 1 aromatic carbocycles. The number of carbonyl (C=O) groups is 1. The zero-order valence-electron chi connectivity index (χ0n) is 14.9. The maximum absolute atomic E-state index is 12.8. The molecule has 1 amide bonds. The molecule has 6 nitrogen and oxygen atoms in total. The first-order valence-electron chi connectivity index (χ1n) is 8.08. The predicted octanol–water partition coefficient (Wildman–Crippen LogP) is 4.08. The van der Waals surface area contributed by atoms with Gasteiger partial charge in [-0.15, -0.1) is 24.5 Å². The number of ether oxygens (including phenoxy) is 1. The van der Waals surface area contributed by atoms with Crippen LogP contribution in [-0.2, 0) is 6.54 Å². The van der Waals surface area contributed by atoms with Crippen molar-refractivity contribution in [3.8, 4) is 16.6 Å². The highest BCUT2D eigenvalue weighted by molar-refractivity contribution is 7.17. The Morgan fingerprint density at radius 3 is 2.43 bits per heavy atom. The third-order valence-electron chi connectivity index (χ3n) is 3.67. The van der Waals surface area contributed by atoms with Gasteiger partial charge in [-0.2, -0.15) is 0 Å². The van der Waals surface area contributed by atoms with E-state index in [1.54, 1.807) is 32.4 Å². The molecule has 0 bridgehead atoms. The lowest BCUT2D eigenvalue weighted by atomic mass is 10.2. The molecule has 0 unspecified atom stereocenters. The summed E-state index contributed by atoms with van der Waals surface area (Å²) in [6, 6.07) is 7.07. The van der Waals surface area contributed by atoms with Gasteiger partial charge >= 0.3 is 6.36 Å². The van der Waals surface area contributed by atoms with E-state index in [9.17, 15) is 18.0 Å². The van der Waals surface area contributed by atoms with E-state index in [0.29, 0.717) is 27.0 Å². The second-order valence-corrected chi connectivity index (χ2v) is 6.86. The van der Waals surface area contributed by atoms with E-state index in [4.69, 9.17) is 0 Å². The summed E-state index contributed by atoms with van der Waals surface area (Å²) in [5.41, 5.74) is 1.23. The number of rotatable bonds is 5. The monoisotopic (exact) mass is 408 g/mol. The molecule has 0 spiro atoms. The van der Waals surface area contributed by atoms with Gasteiger partial charge in [0.1, 0.15) is 10.6 Å². The van der Waals surface area contributed by atoms with Crippen molar-refractivity contribution in [2.45, 2.75) is 19.8 Å². The van der Waals surface area contributed by atoms with Gasteiger partial charge in [-0.05, 0) is 30.7 Å². The Hall–Kier alpha value is -3.01. The summed E-state index contributed by atoms with van der Waals surface area (Å²) in [6.07, 6.45) is -1.55. The number of amides is 1. The Bertz CT molecular complexity index is 959. The van der Waals surface area contributed by atoms with Gasteiger partial charge in [0.05, 0.1) is 5.69 Å². The zero-order chi connectivity index (χ0) is 20.3. The van der Waals surface area contributed by atoms with Gasteiger partial charge in [0.2, 0.25) is 0 Å². The van der Waals surface area contributed by atoms with Crippen LogP contribution in [0.15, 0.2) is 42.7 Å². The van der Waals surface area contributed by atoms with E-state index in [-0.39, 0.29) is 18.2 Å². The summed E-state index contributed by atoms with van der Waals surface area (Å²) in [6.45, 7) is 1.95. The minimum atomic E-state index is -4.74. The fourth-order valence-corrected chi connectivity index (χ4v) is 3.42. The maximum Gasteiger partial charge on any atom is 0.573 e. The van der Waals surface area contributed by atoms with E-state index < -0.39 is 6.36 Å². The van der Waals surface area contributed by atoms with Gasteiger partial charge < -0.3 is 9.64 Å². The topological polar surface area (TPSA) is 68.2 Å². The lowest BCUT2D eigenvalue weighted by molar-refractivity contribution is -0.274. The average Bonchev–Trinajstić information content (AvgIpc) is 3.04. The molecule has 28 heavy (non-hydrogen) atoms. The van der Waals surface area contributed by atoms with Crippen molar-refractivity contribution in [3.63, 3.8) is 0 Å². The standard InChI is InChI=1S/C18H15F3N4O2S/c1-11-14(28-16(24-11)15-22-8-3-9-23-15)17(26)25(2)10-12-4-6-13(7-5-12)27-18(19,20)21/h3-9H,10H2,1-2H3. The average molecular weight is 408 g/mol. The summed E-state index contributed by atoms with van der Waals surface area (Å²) in [5, 5.41) is 0.545. The molecular weight excluding hydrogens is 393 g/mol. The highest BCUT2D eigenvalue weighted by atomic mass is 32.1. The van der Waals surface area contributed by atoms with Crippen LogP contribution >= 0.6 is 11.3 Å². The van der Waals surface area contributed by atoms with Crippen LogP contribution in [0, 0.1) is 6.92 Å². The molecule has 0 radical (unpaired) electrons. The Balaban J connectivity index is 1.70. The molecule has 3 aromatic rings. The SMILES string of the molecule is Cc1nc(-c2ncccn2)sc1C(=O)N(C)Cc1ccc(OC(F)(F)F)cc1. The van der Waals surface area contributed by atoms with Crippen LogP contribution in [-0.4, -0.2) is 39.2 Å². The molecule has 2 heterocycles. The Kier molecular flexibility index (Phi) is 5.59. The molecule has 0 saturated carbocycles. The summed E-state index contributed by atoms with van der Waals surface area (Å²) in [4.78, 5) is 27.3. The number of nitrogens with zero attached hydrogens (tertiary/aromatic N) is 4. The first kappa shape index (κ1) is 19.7. The van der Waals surface area contributed by atoms with E-state index in [1.807, 2.05) is 0 Å². The lowest BCUT2D eigenvalue weighted by Gasteiger charge is -2.17. The first-order valence-corrected chi connectivity index (χ1v) is 8.89. The normalized spacial score (nSPS) is 11.3. The van der Waals surface area contributed by atoms with Crippen molar-refractivity contribution in [3.05, 3.63) is 58.9 Å². The number of aryl methyl sites for hydroxylation is 1. The lowest BCUT2D eigenvalue weighted by Crippen LogP contribution is -2.26. The van der Waals surface area contributed by atoms with Gasteiger partial charge in [0.25, 0.3) is 5.91 Å². The molecule has 0 aliphatic heterocycles. The van der Waals surface area contributed by atoms with Crippen LogP contribution in [0.3, 0.4) is 0 Å². The molecule has 0 saturated heterocycles. The first-order chi connectivity index (χ1) is 13.2. The molecule has 0 atom stereocenters. The Morgan fingerprint density at radius 2 is 1.82 bits per heavy atom. The molecule has 0 aliphatic carbocycles. The largest absolute Gasteiger partial charge is 0.573 e. The van der Waals surface area contributed by atoms with Crippen LogP contribution in [0.5, 0.6) is 5.75 Å². The Morgan fingerprint density at radius 1 is 1.18 bits per heavy atom. The van der Waals surface area contributed by atoms with Gasteiger partial charge in [-0.1, -0.05) is 12.1 Å². The smallest absolute Gasteiger partial charge is 0.406 e. The quantitative estimate of drug-likeness (QED) is 0.636. The number of benzene rings is 1. The van der Waals surface area contributed by atoms with Crippen LogP contribution in [0.2, 0.25) is 0 Å². The molecule has 3 rings (SSSR count). The van der Waals surface area contributed by atoms with E-state index in [2.05, 4.69) is 19.7 Å². The molecule has 0 fully saturated rings. The van der Waals surface area contributed by atoms with Crippen molar-refractivity contribution in [1.29, 1.82) is 0 Å². The number of hydrogen-bond acceptors (Lipinski definition) is 6. The van der Waals surface area contributed by atoms with E-state index in [1.165, 1.54) is 40.5 Å². The molecule has 0 aliphatic rings. The number of alkyl halides is 3. The molecular formula is C18H15F3N4O2S. The fraction of sp³-hybridized carbons (Fsp3) is 0.222. The Labute approximate surface area is 162 Å². The maximum atomic E-state index is 12.8. The summed E-state index contributed by atoms with van der Waals surface area (Å²) in [7, 11) is 1.61. The van der Waals surface area contributed by atoms with Crippen molar-refractivity contribution in [2.24, 2.45) is 0 Å². The highest BCUT2D eigenvalue weighted by Gasteiger charge is 2.31. The van der Waals surface area contributed by atoms with E-state index in [0.717, 1.165) is 0 Å². The number of hydrogen-bond donors (Lipinski definition) is 0. The number of thiazole rings is 1. The zero-order valence-corrected chi connectivity index (χ0v) is 15.7. The molecule has 146 valence electrons. The summed E-state index contributed by atoms with van der Waals surface area (Å²) < 4.78 is 40.5. The van der Waals surface area contributed by atoms with Crippen LogP contribution in [0.1, 0.15) is 20.9 Å². The van der Waals surface area contributed by atoms with Crippen LogP contribution in [0.4, 0.5) is 13.2 Å². The van der Waals surface area contributed by atoms with Gasteiger partial charge in [-0.3, -0.25) is 4.79 Å². The van der Waals surface area contributed by atoms with E-state index >= 15 is 0 Å². The molecule has 0 N–H and O–H groups in total. The van der Waals surface area contributed by atoms with Crippen LogP contribution in [0.25, 0.3) is 10.8 Å². The summed E-state index contributed by atoms with van der Waals surface area (Å²) >= 11 is 1.20. The number of halogens is 3. The van der Waals surface area contributed by atoms with Gasteiger partial charge in [0.15, 0.2) is 10.8 Å². The van der Waals surface area contributed by atoms with Crippen molar-refractivity contribution >= 4 is 17.2 Å². The van der Waals surface area contributed by atoms with Crippen molar-refractivity contribution in [1.82, 2.24) is 19.9 Å². The second-order valence-electron chi connectivity index (χ2n) is 5.86. The van der Waals surface area contributed by atoms with Crippen molar-refractivity contribution < 1.29 is 22.7 Å². The van der Waals surface area contributed by atoms with Crippen LogP contribution < -0.4 is 4.74 Å². The third kappa shape index (κ3) is 4.83. The molecule has 10 heteroatoms. The van der Waals surface area contributed by atoms with Gasteiger partial charge in [-0.25, -0.2) is 15.0 Å². The van der Waals surface area contributed by atoms with Gasteiger partial charge in [0, 0.05) is 26.0 Å².